The molecule has 7 heteroatoms. The summed E-state index contributed by atoms with van der Waals surface area (Å²) in [7, 11) is 0. The number of nitrogens with one attached hydrogen (secondary N) is 1. The van der Waals surface area contributed by atoms with Gasteiger partial charge < -0.3 is 11.1 Å². The summed E-state index contributed by atoms with van der Waals surface area (Å²) >= 11 is 0. The predicted octanol–water partition coefficient (Wildman–Crippen LogP) is 2.14. The molecule has 2 amide bonds. The van der Waals surface area contributed by atoms with Crippen LogP contribution < -0.4 is 11.1 Å². The lowest BCUT2D eigenvalue weighted by Crippen LogP contribution is -2.47. The molecule has 0 saturated heterocycles. The van der Waals surface area contributed by atoms with Crippen molar-refractivity contribution < 1.29 is 14.4 Å². The predicted molar refractivity (Wildman–Crippen MR) is 113 cm³/mol. The van der Waals surface area contributed by atoms with Gasteiger partial charge in [0.25, 0.3) is 11.8 Å². The summed E-state index contributed by atoms with van der Waals surface area (Å²) in [5.74, 6) is -2.44. The van der Waals surface area contributed by atoms with Crippen molar-refractivity contribution in [3.05, 3.63) is 83.2 Å². The summed E-state index contributed by atoms with van der Waals surface area (Å²) in [5.41, 5.74) is 8.79. The van der Waals surface area contributed by atoms with E-state index in [2.05, 4.69) is 10.4 Å². The lowest BCUT2D eigenvalue weighted by atomic mass is 10.0. The summed E-state index contributed by atoms with van der Waals surface area (Å²) in [4.78, 5) is 36.9. The molecule has 154 valence electrons. The van der Waals surface area contributed by atoms with E-state index in [1.807, 2.05) is 61.5 Å². The molecule has 3 N–H and O–H groups in total. The van der Waals surface area contributed by atoms with Crippen molar-refractivity contribution in [3.63, 3.8) is 0 Å². The number of ketones is 1. The van der Waals surface area contributed by atoms with E-state index in [4.69, 9.17) is 5.73 Å². The first-order valence-electron chi connectivity index (χ1n) is 9.73. The maximum atomic E-state index is 13.1. The number of aromatic nitrogens is 2. The summed E-state index contributed by atoms with van der Waals surface area (Å²) in [6, 6.07) is 17.4. The third-order valence-corrected chi connectivity index (χ3v) is 4.77. The van der Waals surface area contributed by atoms with Crippen molar-refractivity contribution >= 4 is 17.6 Å². The van der Waals surface area contributed by atoms with Crippen LogP contribution in [-0.2, 0) is 22.4 Å². The summed E-state index contributed by atoms with van der Waals surface area (Å²) in [6.45, 7) is 3.83. The SMILES string of the molecule is CCc1cccc(-n2nc(C)cc2C(=O)N[C@@H](Cc2ccccc2)C(=O)C(N)=O)c1. The van der Waals surface area contributed by atoms with Gasteiger partial charge in [0.1, 0.15) is 11.7 Å². The zero-order valence-electron chi connectivity index (χ0n) is 17.0. The number of primary amides is 1. The Morgan fingerprint density at radius 3 is 2.40 bits per heavy atom. The number of carbonyl (C=O) groups excluding carboxylic acids is 3. The second-order valence-electron chi connectivity index (χ2n) is 7.05. The molecule has 0 bridgehead atoms. The number of rotatable bonds is 8. The molecule has 2 aromatic carbocycles. The zero-order valence-corrected chi connectivity index (χ0v) is 17.0. The highest BCUT2D eigenvalue weighted by Gasteiger charge is 2.27. The average molecular weight is 404 g/mol. The van der Waals surface area contributed by atoms with Crippen LogP contribution in [0.5, 0.6) is 0 Å². The Morgan fingerprint density at radius 2 is 1.73 bits per heavy atom. The number of hydrogen-bond acceptors (Lipinski definition) is 4. The number of Topliss-reactive ketones (excluding diaryl/α,β-unsaturated/α-hetero) is 1. The van der Waals surface area contributed by atoms with E-state index in [9.17, 15) is 14.4 Å². The second-order valence-corrected chi connectivity index (χ2v) is 7.05. The molecule has 0 fully saturated rings. The summed E-state index contributed by atoms with van der Waals surface area (Å²) in [6.07, 6.45) is 1.01. The van der Waals surface area contributed by atoms with Crippen LogP contribution in [0.2, 0.25) is 0 Å². The van der Waals surface area contributed by atoms with Crippen molar-refractivity contribution in [2.45, 2.75) is 32.7 Å². The largest absolute Gasteiger partial charge is 0.363 e. The number of carbonyl (C=O) groups is 3. The lowest BCUT2D eigenvalue weighted by Gasteiger charge is -2.17. The Labute approximate surface area is 174 Å². The quantitative estimate of drug-likeness (QED) is 0.561. The van der Waals surface area contributed by atoms with Crippen molar-refractivity contribution in [1.82, 2.24) is 15.1 Å². The van der Waals surface area contributed by atoms with Crippen molar-refractivity contribution in [2.75, 3.05) is 0 Å². The minimum atomic E-state index is -1.09. The molecule has 0 aliphatic heterocycles. The van der Waals surface area contributed by atoms with E-state index in [-0.39, 0.29) is 12.1 Å². The van der Waals surface area contributed by atoms with Gasteiger partial charge in [-0.15, -0.1) is 0 Å². The molecule has 1 heterocycles. The van der Waals surface area contributed by atoms with Gasteiger partial charge in [0, 0.05) is 6.42 Å². The second kappa shape index (κ2) is 9.17. The number of amides is 2. The molecule has 0 aliphatic rings. The highest BCUT2D eigenvalue weighted by molar-refractivity contribution is 6.38. The lowest BCUT2D eigenvalue weighted by molar-refractivity contribution is -0.137. The van der Waals surface area contributed by atoms with Gasteiger partial charge in [-0.05, 0) is 42.7 Å². The zero-order chi connectivity index (χ0) is 21.7. The Morgan fingerprint density at radius 1 is 1.03 bits per heavy atom. The number of nitrogens with zero attached hydrogens (tertiary/aromatic N) is 2. The summed E-state index contributed by atoms with van der Waals surface area (Å²) in [5, 5.41) is 7.09. The molecule has 0 saturated carbocycles. The first-order chi connectivity index (χ1) is 14.4. The van der Waals surface area contributed by atoms with Crippen molar-refractivity contribution in [3.8, 4) is 5.69 Å². The fourth-order valence-corrected chi connectivity index (χ4v) is 3.23. The van der Waals surface area contributed by atoms with E-state index in [1.54, 1.807) is 13.0 Å². The summed E-state index contributed by atoms with van der Waals surface area (Å²) < 4.78 is 1.54. The minimum absolute atomic E-state index is 0.160. The maximum Gasteiger partial charge on any atom is 0.287 e. The van der Waals surface area contributed by atoms with Crippen LogP contribution >= 0.6 is 0 Å². The van der Waals surface area contributed by atoms with Gasteiger partial charge in [-0.2, -0.15) is 5.10 Å². The van der Waals surface area contributed by atoms with Crippen LogP contribution in [0.3, 0.4) is 0 Å². The Hall–Kier alpha value is -3.74. The molecular formula is C23H24N4O3. The molecule has 0 radical (unpaired) electrons. The molecule has 3 rings (SSSR count). The van der Waals surface area contributed by atoms with Crippen LogP contribution in [0.1, 0.15) is 34.2 Å². The maximum absolute atomic E-state index is 13.1. The Bertz CT molecular complexity index is 1070. The third kappa shape index (κ3) is 4.81. The van der Waals surface area contributed by atoms with E-state index >= 15 is 0 Å². The van der Waals surface area contributed by atoms with Crippen molar-refractivity contribution in [1.29, 1.82) is 0 Å². The third-order valence-electron chi connectivity index (χ3n) is 4.77. The first kappa shape index (κ1) is 21.0. The fourth-order valence-electron chi connectivity index (χ4n) is 3.23. The van der Waals surface area contributed by atoms with E-state index in [1.165, 1.54) is 4.68 Å². The van der Waals surface area contributed by atoms with Gasteiger partial charge in [-0.1, -0.05) is 49.4 Å². The highest BCUT2D eigenvalue weighted by atomic mass is 16.2. The van der Waals surface area contributed by atoms with E-state index < -0.39 is 23.6 Å². The normalized spacial score (nSPS) is 11.7. The topological polar surface area (TPSA) is 107 Å². The van der Waals surface area contributed by atoms with Crippen molar-refractivity contribution in [2.24, 2.45) is 5.73 Å². The van der Waals surface area contributed by atoms with Gasteiger partial charge in [-0.3, -0.25) is 14.4 Å². The highest BCUT2D eigenvalue weighted by Crippen LogP contribution is 2.16. The molecule has 0 unspecified atom stereocenters. The minimum Gasteiger partial charge on any atom is -0.363 e. The van der Waals surface area contributed by atoms with Gasteiger partial charge in [-0.25, -0.2) is 4.68 Å². The molecule has 30 heavy (non-hydrogen) atoms. The van der Waals surface area contributed by atoms with Gasteiger partial charge >= 0.3 is 0 Å². The van der Waals surface area contributed by atoms with Crippen LogP contribution in [0.4, 0.5) is 0 Å². The molecule has 3 aromatic rings. The van der Waals surface area contributed by atoms with Gasteiger partial charge in [0.15, 0.2) is 0 Å². The van der Waals surface area contributed by atoms with Crippen LogP contribution in [0.15, 0.2) is 60.7 Å². The van der Waals surface area contributed by atoms with E-state index in [0.29, 0.717) is 5.69 Å². The standard InChI is InChI=1S/C23H24N4O3/c1-3-16-10-7-11-18(13-16)27-20(12-15(2)26-27)23(30)25-19(21(28)22(24)29)14-17-8-5-4-6-9-17/h4-13,19H,3,14H2,1-2H3,(H2,24,29)(H,25,30)/t19-/m0/s1. The first-order valence-corrected chi connectivity index (χ1v) is 9.73. The molecule has 0 aliphatic carbocycles. The van der Waals surface area contributed by atoms with Crippen LogP contribution in [0.25, 0.3) is 5.69 Å². The van der Waals surface area contributed by atoms with Gasteiger partial charge in [0.2, 0.25) is 5.78 Å². The molecular weight excluding hydrogens is 380 g/mol. The molecule has 0 spiro atoms. The molecule has 1 atom stereocenters. The average Bonchev–Trinajstić information content (AvgIpc) is 3.15. The fraction of sp³-hybridized carbons (Fsp3) is 0.217. The Kier molecular flexibility index (Phi) is 6.41. The van der Waals surface area contributed by atoms with Gasteiger partial charge in [0.05, 0.1) is 11.4 Å². The van der Waals surface area contributed by atoms with Crippen LogP contribution in [-0.4, -0.2) is 33.4 Å². The Balaban J connectivity index is 1.90. The number of nitrogens with two attached hydrogens (primary N) is 1. The van der Waals surface area contributed by atoms with E-state index in [0.717, 1.165) is 23.2 Å². The smallest absolute Gasteiger partial charge is 0.287 e. The number of aryl methyl sites for hydroxylation is 2. The number of benzene rings is 2. The molecule has 1 aromatic heterocycles. The monoisotopic (exact) mass is 404 g/mol. The molecule has 7 nitrogen and oxygen atoms in total. The number of hydrogen-bond donors (Lipinski definition) is 2. The van der Waals surface area contributed by atoms with Crippen LogP contribution in [0, 0.1) is 6.92 Å².